The van der Waals surface area contributed by atoms with Crippen LogP contribution in [0.15, 0.2) is 30.6 Å². The Balaban J connectivity index is 2.32. The van der Waals surface area contributed by atoms with Crippen molar-refractivity contribution in [2.24, 2.45) is 0 Å². The summed E-state index contributed by atoms with van der Waals surface area (Å²) in [5.74, 6) is 0.776. The number of aryl methyl sites for hydroxylation is 2. The van der Waals surface area contributed by atoms with Crippen molar-refractivity contribution in [1.82, 2.24) is 15.0 Å². The van der Waals surface area contributed by atoms with Crippen molar-refractivity contribution in [3.63, 3.8) is 0 Å². The third kappa shape index (κ3) is 3.07. The number of rotatable bonds is 4. The molecule has 0 aliphatic carbocycles. The molecule has 17 heavy (non-hydrogen) atoms. The fraction of sp³-hybridized carbons (Fsp3) is 0.308. The van der Waals surface area contributed by atoms with Crippen LogP contribution in [0, 0.1) is 6.92 Å². The maximum atomic E-state index is 8.82. The molecule has 2 aromatic heterocycles. The van der Waals surface area contributed by atoms with E-state index in [1.165, 1.54) is 0 Å². The molecule has 0 amide bonds. The lowest BCUT2D eigenvalue weighted by molar-refractivity contribution is 0.287. The molecule has 0 saturated carbocycles. The van der Waals surface area contributed by atoms with E-state index in [1.807, 2.05) is 25.1 Å². The molecule has 2 aromatic rings. The van der Waals surface area contributed by atoms with Crippen LogP contribution in [0.1, 0.15) is 17.9 Å². The van der Waals surface area contributed by atoms with Crippen molar-refractivity contribution in [3.05, 3.63) is 42.1 Å². The first kappa shape index (κ1) is 11.7. The van der Waals surface area contributed by atoms with Gasteiger partial charge in [-0.2, -0.15) is 0 Å². The van der Waals surface area contributed by atoms with Gasteiger partial charge in [0.2, 0.25) is 0 Å². The fourth-order valence-electron chi connectivity index (χ4n) is 1.64. The summed E-state index contributed by atoms with van der Waals surface area (Å²) >= 11 is 0. The lowest BCUT2D eigenvalue weighted by Gasteiger charge is -2.05. The van der Waals surface area contributed by atoms with Crippen LogP contribution in [-0.2, 0) is 6.42 Å². The van der Waals surface area contributed by atoms with Gasteiger partial charge in [0.25, 0.3) is 0 Å². The summed E-state index contributed by atoms with van der Waals surface area (Å²) in [6.07, 6.45) is 4.92. The molecule has 0 unspecified atom stereocenters. The van der Waals surface area contributed by atoms with Crippen LogP contribution >= 0.6 is 0 Å². The summed E-state index contributed by atoms with van der Waals surface area (Å²) in [5.41, 5.74) is 2.81. The number of pyridine rings is 1. The zero-order chi connectivity index (χ0) is 12.1. The lowest BCUT2D eigenvalue weighted by Crippen LogP contribution is -2.00. The van der Waals surface area contributed by atoms with Gasteiger partial charge in [0.1, 0.15) is 5.82 Å². The Labute approximate surface area is 100 Å². The summed E-state index contributed by atoms with van der Waals surface area (Å²) in [6.45, 7) is 2.11. The molecule has 2 heterocycles. The van der Waals surface area contributed by atoms with Crippen LogP contribution in [-0.4, -0.2) is 26.7 Å². The Morgan fingerprint density at radius 1 is 1.29 bits per heavy atom. The molecule has 0 atom stereocenters. The molecule has 0 aliphatic heterocycles. The van der Waals surface area contributed by atoms with E-state index in [9.17, 15) is 0 Å². The van der Waals surface area contributed by atoms with E-state index in [0.29, 0.717) is 12.8 Å². The highest BCUT2D eigenvalue weighted by molar-refractivity contribution is 5.57. The second-order valence-electron chi connectivity index (χ2n) is 3.88. The normalized spacial score (nSPS) is 10.5. The van der Waals surface area contributed by atoms with Crippen LogP contribution < -0.4 is 0 Å². The van der Waals surface area contributed by atoms with Gasteiger partial charge in [0, 0.05) is 36.7 Å². The average molecular weight is 229 g/mol. The van der Waals surface area contributed by atoms with Gasteiger partial charge in [-0.15, -0.1) is 0 Å². The van der Waals surface area contributed by atoms with Gasteiger partial charge in [-0.3, -0.25) is 4.98 Å². The van der Waals surface area contributed by atoms with E-state index in [-0.39, 0.29) is 6.61 Å². The van der Waals surface area contributed by atoms with Gasteiger partial charge < -0.3 is 5.11 Å². The second-order valence-corrected chi connectivity index (χ2v) is 3.88. The third-order valence-electron chi connectivity index (χ3n) is 2.42. The quantitative estimate of drug-likeness (QED) is 0.868. The van der Waals surface area contributed by atoms with Crippen LogP contribution in [0.3, 0.4) is 0 Å². The Hall–Kier alpha value is -1.81. The van der Waals surface area contributed by atoms with Crippen LogP contribution in [0.5, 0.6) is 0 Å². The summed E-state index contributed by atoms with van der Waals surface area (Å²) in [7, 11) is 0. The minimum absolute atomic E-state index is 0.166. The molecule has 1 N–H and O–H groups in total. The minimum atomic E-state index is 0.166. The standard InChI is InChI=1S/C13H15N3O/c1-10-8-12(11-4-2-6-14-9-11)16-13(15-10)5-3-7-17/h2,4,6,8-9,17H,3,5,7H2,1H3. The Morgan fingerprint density at radius 3 is 2.88 bits per heavy atom. The summed E-state index contributed by atoms with van der Waals surface area (Å²) < 4.78 is 0. The molecule has 0 aromatic carbocycles. The first-order valence-electron chi connectivity index (χ1n) is 5.65. The van der Waals surface area contributed by atoms with Gasteiger partial charge in [-0.05, 0) is 31.5 Å². The maximum absolute atomic E-state index is 8.82. The number of hydrogen-bond donors (Lipinski definition) is 1. The highest BCUT2D eigenvalue weighted by Crippen LogP contribution is 2.16. The lowest BCUT2D eigenvalue weighted by atomic mass is 10.2. The largest absolute Gasteiger partial charge is 0.396 e. The van der Waals surface area contributed by atoms with E-state index in [2.05, 4.69) is 15.0 Å². The van der Waals surface area contributed by atoms with Crippen LogP contribution in [0.4, 0.5) is 0 Å². The molecule has 4 nitrogen and oxygen atoms in total. The fourth-order valence-corrected chi connectivity index (χ4v) is 1.64. The van der Waals surface area contributed by atoms with E-state index in [1.54, 1.807) is 12.4 Å². The van der Waals surface area contributed by atoms with Gasteiger partial charge in [-0.25, -0.2) is 9.97 Å². The van der Waals surface area contributed by atoms with Gasteiger partial charge >= 0.3 is 0 Å². The SMILES string of the molecule is Cc1cc(-c2cccnc2)nc(CCCO)n1. The first-order valence-corrected chi connectivity index (χ1v) is 5.65. The smallest absolute Gasteiger partial charge is 0.129 e. The highest BCUT2D eigenvalue weighted by Gasteiger charge is 2.04. The number of aliphatic hydroxyl groups is 1. The van der Waals surface area contributed by atoms with Gasteiger partial charge in [0.15, 0.2) is 0 Å². The second kappa shape index (κ2) is 5.50. The zero-order valence-electron chi connectivity index (χ0n) is 9.80. The van der Waals surface area contributed by atoms with Crippen molar-refractivity contribution in [3.8, 4) is 11.3 Å². The first-order chi connectivity index (χ1) is 8.29. The predicted octanol–water partition coefficient (Wildman–Crippen LogP) is 1.77. The molecule has 2 rings (SSSR count). The summed E-state index contributed by atoms with van der Waals surface area (Å²) in [6, 6.07) is 5.81. The van der Waals surface area contributed by atoms with Crippen molar-refractivity contribution in [1.29, 1.82) is 0 Å². The third-order valence-corrected chi connectivity index (χ3v) is 2.42. The Morgan fingerprint density at radius 2 is 2.18 bits per heavy atom. The van der Waals surface area contributed by atoms with E-state index in [4.69, 9.17) is 5.11 Å². The van der Waals surface area contributed by atoms with Crippen molar-refractivity contribution in [2.75, 3.05) is 6.61 Å². The molecule has 4 heteroatoms. The molecule has 0 spiro atoms. The molecule has 0 fully saturated rings. The van der Waals surface area contributed by atoms with E-state index in [0.717, 1.165) is 22.8 Å². The van der Waals surface area contributed by atoms with Crippen LogP contribution in [0.25, 0.3) is 11.3 Å². The van der Waals surface area contributed by atoms with Gasteiger partial charge in [0.05, 0.1) is 5.69 Å². The van der Waals surface area contributed by atoms with E-state index < -0.39 is 0 Å². The van der Waals surface area contributed by atoms with Gasteiger partial charge in [-0.1, -0.05) is 0 Å². The molecule has 88 valence electrons. The molecule has 0 aliphatic rings. The number of aromatic nitrogens is 3. The molecule has 0 bridgehead atoms. The van der Waals surface area contributed by atoms with Crippen molar-refractivity contribution >= 4 is 0 Å². The number of nitrogens with zero attached hydrogens (tertiary/aromatic N) is 3. The monoisotopic (exact) mass is 229 g/mol. The minimum Gasteiger partial charge on any atom is -0.396 e. The average Bonchev–Trinajstić information content (AvgIpc) is 2.37. The molecular weight excluding hydrogens is 214 g/mol. The number of hydrogen-bond acceptors (Lipinski definition) is 4. The topological polar surface area (TPSA) is 58.9 Å². The predicted molar refractivity (Wildman–Crippen MR) is 65.4 cm³/mol. The highest BCUT2D eigenvalue weighted by atomic mass is 16.2. The Bertz CT molecular complexity index is 485. The van der Waals surface area contributed by atoms with Crippen molar-refractivity contribution in [2.45, 2.75) is 19.8 Å². The molecular formula is C13H15N3O. The molecule has 0 radical (unpaired) electrons. The summed E-state index contributed by atoms with van der Waals surface area (Å²) in [5, 5.41) is 8.82. The van der Waals surface area contributed by atoms with Crippen LogP contribution in [0.2, 0.25) is 0 Å². The number of aliphatic hydroxyl groups excluding tert-OH is 1. The summed E-state index contributed by atoms with van der Waals surface area (Å²) in [4.78, 5) is 12.9. The zero-order valence-corrected chi connectivity index (χ0v) is 9.80. The Kier molecular flexibility index (Phi) is 3.77. The molecule has 0 saturated heterocycles. The maximum Gasteiger partial charge on any atom is 0.129 e. The van der Waals surface area contributed by atoms with Crippen molar-refractivity contribution < 1.29 is 5.11 Å². The van der Waals surface area contributed by atoms with E-state index >= 15 is 0 Å².